The lowest BCUT2D eigenvalue weighted by molar-refractivity contribution is 0.0735. The first-order valence-electron chi connectivity index (χ1n) is 8.93. The number of hydrogen-bond acceptors (Lipinski definition) is 6. The number of rotatable bonds is 8. The van der Waals surface area contributed by atoms with E-state index in [2.05, 4.69) is 41.4 Å². The number of hydrogen-bond donors (Lipinski definition) is 0. The number of aliphatic imine (C=N–C) groups is 1. The topological polar surface area (TPSA) is 38.7 Å². The van der Waals surface area contributed by atoms with Gasteiger partial charge >= 0.3 is 5.97 Å². The van der Waals surface area contributed by atoms with Crippen LogP contribution in [0.1, 0.15) is 30.1 Å². The van der Waals surface area contributed by atoms with Gasteiger partial charge in [0.15, 0.2) is 0 Å². The van der Waals surface area contributed by atoms with E-state index in [0.717, 1.165) is 16.5 Å². The summed E-state index contributed by atoms with van der Waals surface area (Å²) in [7, 11) is 3.68. The van der Waals surface area contributed by atoms with Gasteiger partial charge in [0.25, 0.3) is 0 Å². The molecular formula is C22H19NO2S3. The van der Waals surface area contributed by atoms with E-state index in [0.29, 0.717) is 17.0 Å². The van der Waals surface area contributed by atoms with E-state index >= 15 is 0 Å². The molecule has 0 unspecified atom stereocenters. The standard InChI is InChI=1S/C22H19NO2S3/c1-2-3-12-27-28-21-11-6-16-13-18(5-4-17(16)14-21)22(24)25-20-9-7-19(8-10-20)23-15-26/h4-11,13-14H,2-3,12H2,1H3. The van der Waals surface area contributed by atoms with Crippen molar-refractivity contribution in [2.45, 2.75) is 24.7 Å². The Bertz CT molecular complexity index is 1010. The zero-order valence-corrected chi connectivity index (χ0v) is 17.8. The summed E-state index contributed by atoms with van der Waals surface area (Å²) in [5, 5.41) is 4.43. The molecule has 0 aliphatic rings. The van der Waals surface area contributed by atoms with E-state index in [1.807, 2.05) is 29.0 Å². The minimum absolute atomic E-state index is 0.387. The molecule has 3 aromatic rings. The number of carbonyl (C=O) groups is 1. The van der Waals surface area contributed by atoms with Crippen LogP contribution < -0.4 is 4.74 Å². The van der Waals surface area contributed by atoms with Gasteiger partial charge in [-0.05, 0) is 77.9 Å². The van der Waals surface area contributed by atoms with Crippen LogP contribution in [-0.2, 0) is 0 Å². The molecule has 0 saturated heterocycles. The van der Waals surface area contributed by atoms with Crippen LogP contribution in [0, 0.1) is 0 Å². The number of thiocarbonyl (C=S) groups is 1. The highest BCUT2D eigenvalue weighted by Crippen LogP contribution is 2.33. The summed E-state index contributed by atoms with van der Waals surface area (Å²) in [6, 6.07) is 18.7. The van der Waals surface area contributed by atoms with Gasteiger partial charge in [-0.3, -0.25) is 0 Å². The summed E-state index contributed by atoms with van der Waals surface area (Å²) in [4.78, 5) is 17.6. The van der Waals surface area contributed by atoms with Crippen LogP contribution in [-0.4, -0.2) is 16.9 Å². The molecule has 0 amide bonds. The number of esters is 1. The first-order valence-corrected chi connectivity index (χ1v) is 11.7. The van der Waals surface area contributed by atoms with Crippen molar-refractivity contribution < 1.29 is 9.53 Å². The largest absolute Gasteiger partial charge is 0.423 e. The van der Waals surface area contributed by atoms with E-state index < -0.39 is 0 Å². The second kappa shape index (κ2) is 10.4. The molecule has 0 aromatic heterocycles. The Hall–Kier alpha value is -2.11. The average Bonchev–Trinajstić information content (AvgIpc) is 2.72. The van der Waals surface area contributed by atoms with Crippen LogP contribution in [0.15, 0.2) is 70.6 Å². The summed E-state index contributed by atoms with van der Waals surface area (Å²) in [5.74, 6) is 1.23. The molecule has 0 radical (unpaired) electrons. The van der Waals surface area contributed by atoms with E-state index in [9.17, 15) is 4.79 Å². The zero-order valence-electron chi connectivity index (χ0n) is 15.4. The van der Waals surface area contributed by atoms with Gasteiger partial charge in [0, 0.05) is 10.6 Å². The molecule has 28 heavy (non-hydrogen) atoms. The Morgan fingerprint density at radius 1 is 1.07 bits per heavy atom. The van der Waals surface area contributed by atoms with Gasteiger partial charge < -0.3 is 4.74 Å². The summed E-state index contributed by atoms with van der Waals surface area (Å²) < 4.78 is 5.45. The minimum atomic E-state index is -0.387. The molecule has 0 fully saturated rings. The van der Waals surface area contributed by atoms with Crippen LogP contribution in [0.4, 0.5) is 5.69 Å². The maximum atomic E-state index is 12.5. The number of isothiocyanates is 1. The molecule has 0 spiro atoms. The first-order chi connectivity index (χ1) is 13.7. The van der Waals surface area contributed by atoms with Crippen molar-refractivity contribution in [2.24, 2.45) is 4.99 Å². The summed E-state index contributed by atoms with van der Waals surface area (Å²) >= 11 is 4.57. The smallest absolute Gasteiger partial charge is 0.343 e. The summed E-state index contributed by atoms with van der Waals surface area (Å²) in [6.07, 6.45) is 2.45. The molecule has 6 heteroatoms. The zero-order chi connectivity index (χ0) is 19.8. The summed E-state index contributed by atoms with van der Waals surface area (Å²) in [5.41, 5.74) is 1.19. The number of benzene rings is 3. The highest BCUT2D eigenvalue weighted by molar-refractivity contribution is 8.76. The molecule has 0 bridgehead atoms. The molecule has 0 atom stereocenters. The van der Waals surface area contributed by atoms with Crippen LogP contribution in [0.2, 0.25) is 0 Å². The summed E-state index contributed by atoms with van der Waals surface area (Å²) in [6.45, 7) is 2.20. The SMILES string of the molecule is CCCCSSc1ccc2cc(C(=O)Oc3ccc(N=C=S)cc3)ccc2c1. The number of carbonyl (C=O) groups excluding carboxylic acids is 1. The molecule has 3 aromatic carbocycles. The monoisotopic (exact) mass is 425 g/mol. The van der Waals surface area contributed by atoms with Gasteiger partial charge in [-0.15, -0.1) is 0 Å². The molecule has 142 valence electrons. The third kappa shape index (κ3) is 5.69. The fourth-order valence-electron chi connectivity index (χ4n) is 2.52. The molecule has 0 heterocycles. The maximum absolute atomic E-state index is 12.5. The molecule has 0 aliphatic carbocycles. The van der Waals surface area contributed by atoms with Gasteiger partial charge in [0.2, 0.25) is 0 Å². The number of fused-ring (bicyclic) bond motifs is 1. The van der Waals surface area contributed by atoms with Gasteiger partial charge in [-0.1, -0.05) is 47.1 Å². The van der Waals surface area contributed by atoms with Crippen LogP contribution in [0.5, 0.6) is 5.75 Å². The predicted octanol–water partition coefficient (Wildman–Crippen LogP) is 7.33. The van der Waals surface area contributed by atoms with Gasteiger partial charge in [0.1, 0.15) is 5.75 Å². The van der Waals surface area contributed by atoms with Crippen LogP contribution in [0.3, 0.4) is 0 Å². The van der Waals surface area contributed by atoms with Crippen molar-refractivity contribution in [1.82, 2.24) is 0 Å². The van der Waals surface area contributed by atoms with E-state index in [1.165, 1.54) is 17.7 Å². The molecular weight excluding hydrogens is 406 g/mol. The highest BCUT2D eigenvalue weighted by Gasteiger charge is 2.10. The minimum Gasteiger partial charge on any atom is -0.423 e. The second-order valence-corrected chi connectivity index (χ2v) is 8.74. The van der Waals surface area contributed by atoms with Crippen molar-refractivity contribution in [1.29, 1.82) is 0 Å². The van der Waals surface area contributed by atoms with Crippen molar-refractivity contribution in [3.8, 4) is 5.75 Å². The number of nitrogens with zero attached hydrogens (tertiary/aromatic N) is 1. The molecule has 3 rings (SSSR count). The normalized spacial score (nSPS) is 10.5. The highest BCUT2D eigenvalue weighted by atomic mass is 33.1. The van der Waals surface area contributed by atoms with E-state index in [-0.39, 0.29) is 5.97 Å². The van der Waals surface area contributed by atoms with Gasteiger partial charge in [-0.2, -0.15) is 4.99 Å². The lowest BCUT2D eigenvalue weighted by Crippen LogP contribution is -2.08. The maximum Gasteiger partial charge on any atom is 0.343 e. The lowest BCUT2D eigenvalue weighted by Gasteiger charge is -2.07. The fourth-order valence-corrected chi connectivity index (χ4v) is 4.88. The van der Waals surface area contributed by atoms with Gasteiger partial charge in [-0.25, -0.2) is 4.79 Å². The van der Waals surface area contributed by atoms with E-state index in [4.69, 9.17) is 4.74 Å². The molecule has 0 aliphatic heterocycles. The van der Waals surface area contributed by atoms with Gasteiger partial charge in [0.05, 0.1) is 16.4 Å². The number of unbranched alkanes of at least 4 members (excludes halogenated alkanes) is 1. The van der Waals surface area contributed by atoms with Crippen LogP contribution in [0.25, 0.3) is 10.8 Å². The Morgan fingerprint density at radius 3 is 2.57 bits per heavy atom. The predicted molar refractivity (Wildman–Crippen MR) is 123 cm³/mol. The quantitative estimate of drug-likeness (QED) is 0.0943. The third-order valence-electron chi connectivity index (χ3n) is 4.01. The Morgan fingerprint density at radius 2 is 1.82 bits per heavy atom. The van der Waals surface area contributed by atoms with Crippen molar-refractivity contribution in [2.75, 3.05) is 5.75 Å². The fraction of sp³-hybridized carbons (Fsp3) is 0.182. The van der Waals surface area contributed by atoms with Crippen LogP contribution >= 0.6 is 33.8 Å². The lowest BCUT2D eigenvalue weighted by atomic mass is 10.1. The Balaban J connectivity index is 1.68. The van der Waals surface area contributed by atoms with Crippen molar-refractivity contribution >= 4 is 61.4 Å². The van der Waals surface area contributed by atoms with Crippen molar-refractivity contribution in [3.63, 3.8) is 0 Å². The second-order valence-electron chi connectivity index (χ2n) is 6.07. The average molecular weight is 426 g/mol. The Labute approximate surface area is 178 Å². The third-order valence-corrected chi connectivity index (χ3v) is 6.55. The molecule has 0 N–H and O–H groups in total. The van der Waals surface area contributed by atoms with Crippen molar-refractivity contribution in [3.05, 3.63) is 66.2 Å². The Kier molecular flexibility index (Phi) is 7.69. The van der Waals surface area contributed by atoms with E-state index in [1.54, 1.807) is 41.1 Å². The molecule has 0 saturated carbocycles. The first kappa shape index (κ1) is 20.6. The molecule has 3 nitrogen and oxygen atoms in total. The number of ether oxygens (including phenoxy) is 1.